The molecule has 0 aromatic carbocycles. The third-order valence-corrected chi connectivity index (χ3v) is 3.43. The lowest BCUT2D eigenvalue weighted by atomic mass is 10.2. The van der Waals surface area contributed by atoms with E-state index in [0.29, 0.717) is 5.69 Å². The minimum absolute atomic E-state index is 0.182. The number of aliphatic carboxylic acids is 1. The fourth-order valence-electron chi connectivity index (χ4n) is 1.86. The number of carbonyl (C=O) groups is 2. The molecule has 0 fully saturated rings. The average molecular weight is 252 g/mol. The van der Waals surface area contributed by atoms with Crippen LogP contribution in [0.1, 0.15) is 11.3 Å². The standard InChI is InChI=1S/C11H12N2O3S/c1-6-3-7(2)12-11-10(6)13(4-9(15)16)8(14)5-17-11/h3H,4-5H2,1-2H3,(H,15,16). The van der Waals surface area contributed by atoms with Gasteiger partial charge in [-0.1, -0.05) is 11.8 Å². The number of anilines is 1. The van der Waals surface area contributed by atoms with Gasteiger partial charge in [0.25, 0.3) is 0 Å². The summed E-state index contributed by atoms with van der Waals surface area (Å²) in [5.41, 5.74) is 2.40. The number of nitrogens with zero attached hydrogens (tertiary/aromatic N) is 2. The molecule has 1 amide bonds. The van der Waals surface area contributed by atoms with E-state index in [4.69, 9.17) is 5.11 Å². The number of amides is 1. The largest absolute Gasteiger partial charge is 0.480 e. The third-order valence-electron chi connectivity index (χ3n) is 2.48. The van der Waals surface area contributed by atoms with E-state index in [0.717, 1.165) is 16.3 Å². The molecule has 5 nitrogen and oxygen atoms in total. The second-order valence-corrected chi connectivity index (χ2v) is 4.86. The smallest absolute Gasteiger partial charge is 0.323 e. The van der Waals surface area contributed by atoms with Crippen LogP contribution in [0.4, 0.5) is 5.69 Å². The zero-order valence-electron chi connectivity index (χ0n) is 9.56. The number of rotatable bonds is 2. The molecule has 0 unspecified atom stereocenters. The maximum absolute atomic E-state index is 11.7. The first kappa shape index (κ1) is 11.9. The molecule has 2 heterocycles. The Kier molecular flexibility index (Phi) is 3.06. The molecule has 0 saturated heterocycles. The second kappa shape index (κ2) is 4.37. The van der Waals surface area contributed by atoms with E-state index in [1.54, 1.807) is 0 Å². The molecule has 0 radical (unpaired) electrons. The van der Waals surface area contributed by atoms with Gasteiger partial charge in [-0.15, -0.1) is 0 Å². The predicted molar refractivity (Wildman–Crippen MR) is 64.4 cm³/mol. The van der Waals surface area contributed by atoms with Crippen LogP contribution in [0.3, 0.4) is 0 Å². The summed E-state index contributed by atoms with van der Waals surface area (Å²) in [6.45, 7) is 3.44. The van der Waals surface area contributed by atoms with Crippen molar-refractivity contribution in [2.75, 3.05) is 17.2 Å². The summed E-state index contributed by atoms with van der Waals surface area (Å²) in [7, 11) is 0. The van der Waals surface area contributed by atoms with E-state index >= 15 is 0 Å². The molecule has 1 aliphatic rings. The van der Waals surface area contributed by atoms with Crippen molar-refractivity contribution in [3.8, 4) is 0 Å². The van der Waals surface area contributed by atoms with E-state index in [2.05, 4.69) is 4.98 Å². The lowest BCUT2D eigenvalue weighted by molar-refractivity contribution is -0.136. The summed E-state index contributed by atoms with van der Waals surface area (Å²) in [6, 6.07) is 1.85. The van der Waals surface area contributed by atoms with Crippen molar-refractivity contribution in [3.05, 3.63) is 17.3 Å². The van der Waals surface area contributed by atoms with Gasteiger partial charge in [0.05, 0.1) is 11.4 Å². The molecule has 0 spiro atoms. The Labute approximate surface area is 103 Å². The third kappa shape index (κ3) is 2.26. The molecule has 1 aromatic rings. The SMILES string of the molecule is Cc1cc(C)c2c(n1)SCC(=O)N2CC(=O)O. The molecule has 90 valence electrons. The predicted octanol–water partition coefficient (Wildman–Crippen LogP) is 1.22. The number of carboxylic acids is 1. The van der Waals surface area contributed by atoms with Crippen LogP contribution in [-0.2, 0) is 9.59 Å². The normalized spacial score (nSPS) is 14.7. The van der Waals surface area contributed by atoms with Crippen LogP contribution in [-0.4, -0.2) is 34.3 Å². The van der Waals surface area contributed by atoms with Crippen molar-refractivity contribution >= 4 is 29.3 Å². The van der Waals surface area contributed by atoms with Crippen molar-refractivity contribution in [2.45, 2.75) is 18.9 Å². The number of aryl methyl sites for hydroxylation is 2. The molecule has 0 saturated carbocycles. The number of fused-ring (bicyclic) bond motifs is 1. The minimum atomic E-state index is -1.02. The van der Waals surface area contributed by atoms with Gasteiger partial charge in [0.2, 0.25) is 5.91 Å². The van der Waals surface area contributed by atoms with Gasteiger partial charge in [-0.2, -0.15) is 0 Å². The number of pyridine rings is 1. The van der Waals surface area contributed by atoms with Crippen molar-refractivity contribution in [2.24, 2.45) is 0 Å². The fraction of sp³-hybridized carbons (Fsp3) is 0.364. The van der Waals surface area contributed by atoms with Gasteiger partial charge < -0.3 is 5.11 Å². The Morgan fingerprint density at radius 1 is 1.59 bits per heavy atom. The molecule has 0 bridgehead atoms. The molecule has 0 atom stereocenters. The van der Waals surface area contributed by atoms with Gasteiger partial charge in [0.15, 0.2) is 0 Å². The van der Waals surface area contributed by atoms with E-state index in [9.17, 15) is 9.59 Å². The van der Waals surface area contributed by atoms with Crippen LogP contribution in [0.2, 0.25) is 0 Å². The van der Waals surface area contributed by atoms with E-state index in [1.165, 1.54) is 16.7 Å². The Balaban J connectivity index is 2.50. The summed E-state index contributed by atoms with van der Waals surface area (Å²) >= 11 is 1.36. The van der Waals surface area contributed by atoms with Gasteiger partial charge >= 0.3 is 5.97 Å². The van der Waals surface area contributed by atoms with Crippen molar-refractivity contribution in [3.63, 3.8) is 0 Å². The number of aromatic nitrogens is 1. The van der Waals surface area contributed by atoms with E-state index < -0.39 is 5.97 Å². The summed E-state index contributed by atoms with van der Waals surface area (Å²) in [5, 5.41) is 9.57. The van der Waals surface area contributed by atoms with E-state index in [1.807, 2.05) is 19.9 Å². The highest BCUT2D eigenvalue weighted by Crippen LogP contribution is 2.36. The molecule has 1 N–H and O–H groups in total. The Morgan fingerprint density at radius 2 is 2.29 bits per heavy atom. The van der Waals surface area contributed by atoms with Crippen LogP contribution >= 0.6 is 11.8 Å². The Morgan fingerprint density at radius 3 is 2.94 bits per heavy atom. The molecular formula is C11H12N2O3S. The van der Waals surface area contributed by atoms with Crippen molar-refractivity contribution < 1.29 is 14.7 Å². The van der Waals surface area contributed by atoms with Crippen molar-refractivity contribution in [1.29, 1.82) is 0 Å². The molecule has 17 heavy (non-hydrogen) atoms. The zero-order chi connectivity index (χ0) is 12.6. The van der Waals surface area contributed by atoms with Crippen LogP contribution < -0.4 is 4.90 Å². The first-order valence-electron chi connectivity index (χ1n) is 5.12. The van der Waals surface area contributed by atoms with Gasteiger partial charge in [0.1, 0.15) is 11.6 Å². The second-order valence-electron chi connectivity index (χ2n) is 3.90. The van der Waals surface area contributed by atoms with Crippen LogP contribution in [0.15, 0.2) is 11.1 Å². The molecule has 1 aliphatic heterocycles. The molecule has 2 rings (SSSR count). The summed E-state index contributed by atoms with van der Waals surface area (Å²) in [5.74, 6) is -0.953. The number of hydrogen-bond acceptors (Lipinski definition) is 4. The highest BCUT2D eigenvalue weighted by Gasteiger charge is 2.29. The fourth-order valence-corrected chi connectivity index (χ4v) is 2.89. The lowest BCUT2D eigenvalue weighted by Gasteiger charge is -2.28. The summed E-state index contributed by atoms with van der Waals surface area (Å²) in [4.78, 5) is 28.2. The van der Waals surface area contributed by atoms with Gasteiger partial charge in [0, 0.05) is 5.69 Å². The first-order chi connectivity index (χ1) is 7.99. The maximum Gasteiger partial charge on any atom is 0.323 e. The number of thioether (sulfide) groups is 1. The molecule has 1 aromatic heterocycles. The topological polar surface area (TPSA) is 70.5 Å². The number of carboxylic acid groups (broad SMARTS) is 1. The average Bonchev–Trinajstić information content (AvgIpc) is 2.21. The minimum Gasteiger partial charge on any atom is -0.480 e. The monoisotopic (exact) mass is 252 g/mol. The van der Waals surface area contributed by atoms with Crippen molar-refractivity contribution in [1.82, 2.24) is 4.98 Å². The van der Waals surface area contributed by atoms with Gasteiger partial charge in [-0.25, -0.2) is 4.98 Å². The summed E-state index contributed by atoms with van der Waals surface area (Å²) in [6.07, 6.45) is 0. The number of hydrogen-bond donors (Lipinski definition) is 1. The first-order valence-corrected chi connectivity index (χ1v) is 6.11. The maximum atomic E-state index is 11.7. The van der Waals surface area contributed by atoms with E-state index in [-0.39, 0.29) is 18.2 Å². The molecule has 0 aliphatic carbocycles. The number of carbonyl (C=O) groups excluding carboxylic acids is 1. The quantitative estimate of drug-likeness (QED) is 0.857. The highest BCUT2D eigenvalue weighted by molar-refractivity contribution is 8.00. The zero-order valence-corrected chi connectivity index (χ0v) is 10.4. The highest BCUT2D eigenvalue weighted by atomic mass is 32.2. The molecular weight excluding hydrogens is 240 g/mol. The summed E-state index contributed by atoms with van der Waals surface area (Å²) < 4.78 is 0. The molecule has 6 heteroatoms. The lowest BCUT2D eigenvalue weighted by Crippen LogP contribution is -2.40. The Hall–Kier alpha value is -1.56. The van der Waals surface area contributed by atoms with Crippen LogP contribution in [0.25, 0.3) is 0 Å². The van der Waals surface area contributed by atoms with Crippen LogP contribution in [0.5, 0.6) is 0 Å². The van der Waals surface area contributed by atoms with Gasteiger partial charge in [-0.3, -0.25) is 14.5 Å². The Bertz CT molecular complexity index is 502. The van der Waals surface area contributed by atoms with Crippen LogP contribution in [0, 0.1) is 13.8 Å². The van der Waals surface area contributed by atoms with Gasteiger partial charge in [-0.05, 0) is 25.5 Å².